The summed E-state index contributed by atoms with van der Waals surface area (Å²) in [6.07, 6.45) is 14.2. The molecular formula is C21H34O2. The first-order valence-electron chi connectivity index (χ1n) is 9.50. The first-order valence-corrected chi connectivity index (χ1v) is 9.50. The van der Waals surface area contributed by atoms with Crippen molar-refractivity contribution in [3.63, 3.8) is 0 Å². The van der Waals surface area contributed by atoms with Crippen molar-refractivity contribution in [1.29, 1.82) is 0 Å². The van der Waals surface area contributed by atoms with Gasteiger partial charge in [0.15, 0.2) is 0 Å². The molecule has 0 bridgehead atoms. The zero-order valence-corrected chi connectivity index (χ0v) is 15.1. The molecule has 0 aliphatic rings. The van der Waals surface area contributed by atoms with Crippen LogP contribution in [-0.4, -0.2) is 5.97 Å². The lowest BCUT2D eigenvalue weighted by molar-refractivity contribution is -0.138. The maximum Gasteiger partial charge on any atom is 0.314 e. The highest BCUT2D eigenvalue weighted by molar-refractivity contribution is 5.74. The molecule has 0 amide bonds. The lowest BCUT2D eigenvalue weighted by atomic mass is 10.0. The van der Waals surface area contributed by atoms with E-state index in [1.165, 1.54) is 57.8 Å². The minimum Gasteiger partial charge on any atom is -0.426 e. The van der Waals surface area contributed by atoms with Gasteiger partial charge in [-0.05, 0) is 18.6 Å². The van der Waals surface area contributed by atoms with Crippen LogP contribution in [0.5, 0.6) is 5.75 Å². The van der Waals surface area contributed by atoms with Crippen LogP contribution in [0.1, 0.15) is 84.5 Å². The quantitative estimate of drug-likeness (QED) is 0.234. The lowest BCUT2D eigenvalue weighted by Crippen LogP contribution is -2.17. The van der Waals surface area contributed by atoms with Gasteiger partial charge in [0.25, 0.3) is 0 Å². The molecule has 0 heterocycles. The average molecular weight is 319 g/mol. The van der Waals surface area contributed by atoms with Crippen molar-refractivity contribution in [3.8, 4) is 5.75 Å². The maximum atomic E-state index is 12.0. The summed E-state index contributed by atoms with van der Waals surface area (Å²) in [5.41, 5.74) is 0. The Labute approximate surface area is 142 Å². The van der Waals surface area contributed by atoms with Gasteiger partial charge in [0, 0.05) is 0 Å². The Bertz CT molecular complexity index is 400. The average Bonchev–Trinajstić information content (AvgIpc) is 2.57. The summed E-state index contributed by atoms with van der Waals surface area (Å²) in [7, 11) is 0. The van der Waals surface area contributed by atoms with Gasteiger partial charge in [-0.15, -0.1) is 0 Å². The first kappa shape index (κ1) is 19.7. The minimum atomic E-state index is -0.105. The summed E-state index contributed by atoms with van der Waals surface area (Å²) >= 11 is 0. The summed E-state index contributed by atoms with van der Waals surface area (Å²) in [5, 5.41) is 0. The number of hydrogen-bond acceptors (Lipinski definition) is 2. The van der Waals surface area contributed by atoms with E-state index >= 15 is 0 Å². The lowest BCUT2D eigenvalue weighted by Gasteiger charge is -2.11. The molecule has 1 atom stereocenters. The molecule has 0 N–H and O–H groups in total. The molecule has 130 valence electrons. The van der Waals surface area contributed by atoms with Gasteiger partial charge in [0.05, 0.1) is 5.92 Å². The predicted octanol–water partition coefficient (Wildman–Crippen LogP) is 6.54. The van der Waals surface area contributed by atoms with E-state index in [0.717, 1.165) is 12.8 Å². The third-order valence-corrected chi connectivity index (χ3v) is 4.35. The Kier molecular flexibility index (Phi) is 11.3. The van der Waals surface area contributed by atoms with Crippen LogP contribution in [0.25, 0.3) is 0 Å². The molecule has 2 heteroatoms. The number of benzene rings is 1. The zero-order chi connectivity index (χ0) is 16.8. The van der Waals surface area contributed by atoms with Crippen LogP contribution in [0.15, 0.2) is 30.3 Å². The number of carbonyl (C=O) groups excluding carboxylic acids is 1. The number of rotatable bonds is 13. The molecule has 0 radical (unpaired) electrons. The topological polar surface area (TPSA) is 26.3 Å². The van der Waals surface area contributed by atoms with Gasteiger partial charge in [0.2, 0.25) is 0 Å². The van der Waals surface area contributed by atoms with E-state index in [4.69, 9.17) is 4.74 Å². The number of hydrogen-bond donors (Lipinski definition) is 0. The van der Waals surface area contributed by atoms with E-state index in [9.17, 15) is 4.79 Å². The van der Waals surface area contributed by atoms with Crippen molar-refractivity contribution in [3.05, 3.63) is 30.3 Å². The number of para-hydroxylation sites is 1. The van der Waals surface area contributed by atoms with Crippen LogP contribution in [-0.2, 0) is 4.79 Å². The fourth-order valence-electron chi connectivity index (χ4n) is 2.76. The molecule has 1 aromatic rings. The Morgan fingerprint density at radius 3 is 1.96 bits per heavy atom. The summed E-state index contributed by atoms with van der Waals surface area (Å²) in [5.74, 6) is 0.531. The van der Waals surface area contributed by atoms with Crippen LogP contribution >= 0.6 is 0 Å². The van der Waals surface area contributed by atoms with Gasteiger partial charge < -0.3 is 4.74 Å². The minimum absolute atomic E-state index is 0.00995. The van der Waals surface area contributed by atoms with Gasteiger partial charge >= 0.3 is 5.97 Å². The third kappa shape index (κ3) is 10.1. The van der Waals surface area contributed by atoms with Crippen LogP contribution in [0.2, 0.25) is 0 Å². The summed E-state index contributed by atoms with van der Waals surface area (Å²) in [4.78, 5) is 12.0. The SMILES string of the molecule is CCCCCCCCCCCCC(C)C(=O)Oc1ccccc1. The smallest absolute Gasteiger partial charge is 0.314 e. The normalized spacial score (nSPS) is 12.1. The fourth-order valence-corrected chi connectivity index (χ4v) is 2.76. The van der Waals surface area contributed by atoms with Gasteiger partial charge in [0.1, 0.15) is 5.75 Å². The van der Waals surface area contributed by atoms with Crippen molar-refractivity contribution in [2.45, 2.75) is 84.5 Å². The molecule has 0 saturated heterocycles. The standard InChI is InChI=1S/C21H34O2/c1-3-4-5-6-7-8-9-10-11-13-16-19(2)21(22)23-20-17-14-12-15-18-20/h12,14-15,17-19H,3-11,13,16H2,1-2H3. The largest absolute Gasteiger partial charge is 0.426 e. The van der Waals surface area contributed by atoms with E-state index in [1.807, 2.05) is 37.3 Å². The fraction of sp³-hybridized carbons (Fsp3) is 0.667. The van der Waals surface area contributed by atoms with E-state index in [0.29, 0.717) is 5.75 Å². The second-order valence-corrected chi connectivity index (χ2v) is 6.61. The molecule has 1 rings (SSSR count). The van der Waals surface area contributed by atoms with Gasteiger partial charge in [-0.3, -0.25) is 4.79 Å². The Morgan fingerprint density at radius 1 is 0.870 bits per heavy atom. The van der Waals surface area contributed by atoms with Crippen molar-refractivity contribution >= 4 is 5.97 Å². The molecule has 0 saturated carbocycles. The third-order valence-electron chi connectivity index (χ3n) is 4.35. The molecule has 0 aromatic heterocycles. The van der Waals surface area contributed by atoms with Crippen LogP contribution in [0.4, 0.5) is 0 Å². The Morgan fingerprint density at radius 2 is 1.39 bits per heavy atom. The maximum absolute atomic E-state index is 12.0. The zero-order valence-electron chi connectivity index (χ0n) is 15.1. The monoisotopic (exact) mass is 318 g/mol. The van der Waals surface area contributed by atoms with Crippen molar-refractivity contribution in [1.82, 2.24) is 0 Å². The van der Waals surface area contributed by atoms with Crippen molar-refractivity contribution in [2.75, 3.05) is 0 Å². The van der Waals surface area contributed by atoms with Crippen molar-refractivity contribution < 1.29 is 9.53 Å². The molecule has 0 aliphatic heterocycles. The van der Waals surface area contributed by atoms with Crippen LogP contribution in [0.3, 0.4) is 0 Å². The van der Waals surface area contributed by atoms with E-state index in [1.54, 1.807) is 0 Å². The van der Waals surface area contributed by atoms with Crippen LogP contribution < -0.4 is 4.74 Å². The van der Waals surface area contributed by atoms with Gasteiger partial charge in [-0.2, -0.15) is 0 Å². The second-order valence-electron chi connectivity index (χ2n) is 6.61. The van der Waals surface area contributed by atoms with Gasteiger partial charge in [-0.25, -0.2) is 0 Å². The first-order chi connectivity index (χ1) is 11.2. The molecule has 1 aromatic carbocycles. The molecule has 2 nitrogen and oxygen atoms in total. The van der Waals surface area contributed by atoms with Crippen LogP contribution in [0, 0.1) is 5.92 Å². The molecule has 0 fully saturated rings. The van der Waals surface area contributed by atoms with E-state index in [2.05, 4.69) is 6.92 Å². The molecule has 0 spiro atoms. The highest BCUT2D eigenvalue weighted by Crippen LogP contribution is 2.16. The number of unbranched alkanes of at least 4 members (excludes halogenated alkanes) is 9. The molecule has 23 heavy (non-hydrogen) atoms. The second kappa shape index (κ2) is 13.2. The predicted molar refractivity (Wildman–Crippen MR) is 97.7 cm³/mol. The number of esters is 1. The van der Waals surface area contributed by atoms with E-state index < -0.39 is 0 Å². The highest BCUT2D eigenvalue weighted by atomic mass is 16.5. The molecular weight excluding hydrogens is 284 g/mol. The Hall–Kier alpha value is -1.31. The van der Waals surface area contributed by atoms with Crippen molar-refractivity contribution in [2.24, 2.45) is 5.92 Å². The summed E-state index contributed by atoms with van der Waals surface area (Å²) < 4.78 is 5.38. The number of ether oxygens (including phenoxy) is 1. The Balaban J connectivity index is 1.97. The van der Waals surface area contributed by atoms with Gasteiger partial charge in [-0.1, -0.05) is 96.3 Å². The summed E-state index contributed by atoms with van der Waals surface area (Å²) in [6.45, 7) is 4.23. The number of carbonyl (C=O) groups is 1. The van der Waals surface area contributed by atoms with E-state index in [-0.39, 0.29) is 11.9 Å². The molecule has 0 aliphatic carbocycles. The highest BCUT2D eigenvalue weighted by Gasteiger charge is 2.14. The molecule has 1 unspecified atom stereocenters. The summed E-state index contributed by atoms with van der Waals surface area (Å²) in [6, 6.07) is 9.34.